The first kappa shape index (κ1) is 14.1. The predicted molar refractivity (Wildman–Crippen MR) is 80.7 cm³/mol. The number of aryl methyl sites for hydroxylation is 1. The molecule has 0 radical (unpaired) electrons. The van der Waals surface area contributed by atoms with Crippen LogP contribution in [0.15, 0.2) is 62.7 Å². The second kappa shape index (κ2) is 6.26. The molecule has 0 fully saturated rings. The molecule has 0 saturated heterocycles. The van der Waals surface area contributed by atoms with Crippen molar-refractivity contribution in [2.24, 2.45) is 0 Å². The zero-order valence-electron chi connectivity index (χ0n) is 11.8. The fraction of sp³-hybridized carbons (Fsp3) is 0.188. The highest BCUT2D eigenvalue weighted by Gasteiger charge is 2.11. The van der Waals surface area contributed by atoms with Crippen LogP contribution in [0.3, 0.4) is 0 Å². The van der Waals surface area contributed by atoms with Crippen LogP contribution in [0.1, 0.15) is 12.0 Å². The first-order valence-electron chi connectivity index (χ1n) is 6.94. The number of rotatable bonds is 5. The summed E-state index contributed by atoms with van der Waals surface area (Å²) in [6.45, 7) is 0.234. The van der Waals surface area contributed by atoms with Gasteiger partial charge in [0.2, 0.25) is 0 Å². The van der Waals surface area contributed by atoms with E-state index in [0.29, 0.717) is 11.2 Å². The number of aromatic nitrogens is 2. The Kier molecular flexibility index (Phi) is 4.00. The molecule has 0 N–H and O–H groups in total. The molecule has 0 aliphatic heterocycles. The van der Waals surface area contributed by atoms with E-state index in [9.17, 15) is 9.59 Å². The monoisotopic (exact) mass is 298 g/mol. The van der Waals surface area contributed by atoms with E-state index < -0.39 is 11.3 Å². The Morgan fingerprint density at radius 3 is 2.73 bits per heavy atom. The zero-order valence-corrected chi connectivity index (χ0v) is 11.8. The van der Waals surface area contributed by atoms with Crippen molar-refractivity contribution in [2.75, 3.05) is 6.61 Å². The minimum Gasteiger partial charge on any atom is -0.405 e. The smallest absolute Gasteiger partial charge is 0.405 e. The molecular formula is C16H14N2O4. The highest BCUT2D eigenvalue weighted by atomic mass is 16.7. The van der Waals surface area contributed by atoms with Crippen molar-refractivity contribution in [3.05, 3.63) is 75.1 Å². The van der Waals surface area contributed by atoms with Gasteiger partial charge in [-0.05, 0) is 30.5 Å². The normalized spacial score (nSPS) is 10.7. The molecule has 112 valence electrons. The summed E-state index contributed by atoms with van der Waals surface area (Å²) in [5, 5.41) is 0. The largest absolute Gasteiger partial charge is 0.456 e. The van der Waals surface area contributed by atoms with Crippen molar-refractivity contribution < 1.29 is 9.25 Å². The molecule has 0 spiro atoms. The van der Waals surface area contributed by atoms with Gasteiger partial charge in [0.1, 0.15) is 6.61 Å². The molecule has 22 heavy (non-hydrogen) atoms. The van der Waals surface area contributed by atoms with Gasteiger partial charge in [0.15, 0.2) is 11.1 Å². The van der Waals surface area contributed by atoms with Crippen molar-refractivity contribution in [3.8, 4) is 0 Å². The SMILES string of the molecule is O=c1oc2cccnc2c(=O)n1OCCCc1ccccc1. The van der Waals surface area contributed by atoms with Crippen LogP contribution in [0.25, 0.3) is 11.1 Å². The van der Waals surface area contributed by atoms with Gasteiger partial charge in [-0.2, -0.15) is 0 Å². The van der Waals surface area contributed by atoms with E-state index in [2.05, 4.69) is 4.98 Å². The Bertz CT molecular complexity index is 884. The molecule has 3 rings (SSSR count). The quantitative estimate of drug-likeness (QED) is 0.666. The van der Waals surface area contributed by atoms with Crippen molar-refractivity contribution in [2.45, 2.75) is 12.8 Å². The average molecular weight is 298 g/mol. The Hall–Kier alpha value is -2.89. The second-order valence-corrected chi connectivity index (χ2v) is 4.74. The highest BCUT2D eigenvalue weighted by Crippen LogP contribution is 2.03. The fourth-order valence-electron chi connectivity index (χ4n) is 2.14. The average Bonchev–Trinajstić information content (AvgIpc) is 2.55. The third kappa shape index (κ3) is 2.90. The van der Waals surface area contributed by atoms with E-state index in [4.69, 9.17) is 9.25 Å². The van der Waals surface area contributed by atoms with E-state index in [1.54, 1.807) is 6.07 Å². The molecule has 0 unspecified atom stereocenters. The Labute approximate surface area is 125 Å². The summed E-state index contributed by atoms with van der Waals surface area (Å²) in [5.74, 6) is -0.842. The van der Waals surface area contributed by atoms with E-state index in [1.807, 2.05) is 30.3 Å². The molecule has 1 aromatic carbocycles. The molecule has 0 atom stereocenters. The van der Waals surface area contributed by atoms with Crippen LogP contribution in [0.2, 0.25) is 0 Å². The number of benzene rings is 1. The van der Waals surface area contributed by atoms with E-state index in [-0.39, 0.29) is 17.7 Å². The van der Waals surface area contributed by atoms with E-state index >= 15 is 0 Å². The van der Waals surface area contributed by atoms with Gasteiger partial charge in [0.25, 0.3) is 0 Å². The van der Waals surface area contributed by atoms with Crippen LogP contribution in [0, 0.1) is 0 Å². The zero-order chi connectivity index (χ0) is 15.4. The van der Waals surface area contributed by atoms with Crippen molar-refractivity contribution in [1.29, 1.82) is 0 Å². The van der Waals surface area contributed by atoms with Gasteiger partial charge in [-0.25, -0.2) is 9.78 Å². The van der Waals surface area contributed by atoms with Crippen LogP contribution >= 0.6 is 0 Å². The molecular weight excluding hydrogens is 284 g/mol. The van der Waals surface area contributed by atoms with Crippen molar-refractivity contribution in [3.63, 3.8) is 0 Å². The van der Waals surface area contributed by atoms with Gasteiger partial charge >= 0.3 is 11.3 Å². The standard InChI is InChI=1S/C16H14N2O4/c19-15-14-13(9-4-10-17-14)22-16(20)18(15)21-11-5-8-12-6-2-1-3-7-12/h1-4,6-7,9-10H,5,8,11H2. The topological polar surface area (TPSA) is 74.3 Å². The lowest BCUT2D eigenvalue weighted by Crippen LogP contribution is -2.38. The lowest BCUT2D eigenvalue weighted by Gasteiger charge is -2.06. The van der Waals surface area contributed by atoms with Crippen molar-refractivity contribution in [1.82, 2.24) is 9.71 Å². The molecule has 3 aromatic rings. The first-order valence-corrected chi connectivity index (χ1v) is 6.94. The first-order chi connectivity index (χ1) is 10.8. The Morgan fingerprint density at radius 1 is 1.09 bits per heavy atom. The highest BCUT2D eigenvalue weighted by molar-refractivity contribution is 5.69. The van der Waals surface area contributed by atoms with Crippen LogP contribution < -0.4 is 16.2 Å². The minimum absolute atomic E-state index is 0.0742. The summed E-state index contributed by atoms with van der Waals surface area (Å²) < 4.78 is 5.63. The summed E-state index contributed by atoms with van der Waals surface area (Å²) in [6.07, 6.45) is 2.94. The van der Waals surface area contributed by atoms with Crippen LogP contribution in [-0.4, -0.2) is 16.3 Å². The maximum Gasteiger partial charge on any atom is 0.456 e. The maximum absolute atomic E-state index is 12.1. The van der Waals surface area contributed by atoms with Gasteiger partial charge in [0.05, 0.1) is 0 Å². The molecule has 6 heteroatoms. The summed E-state index contributed by atoms with van der Waals surface area (Å²) in [7, 11) is 0. The molecule has 2 aromatic heterocycles. The molecule has 0 amide bonds. The van der Waals surface area contributed by atoms with Crippen molar-refractivity contribution >= 4 is 11.1 Å². The van der Waals surface area contributed by atoms with Gasteiger partial charge in [-0.1, -0.05) is 35.1 Å². The third-order valence-electron chi connectivity index (χ3n) is 3.19. The van der Waals surface area contributed by atoms with Crippen LogP contribution in [0.4, 0.5) is 0 Å². The van der Waals surface area contributed by atoms with Crippen LogP contribution in [0.5, 0.6) is 0 Å². The number of hydrogen-bond acceptors (Lipinski definition) is 5. The maximum atomic E-state index is 12.1. The Morgan fingerprint density at radius 2 is 1.91 bits per heavy atom. The number of fused-ring (bicyclic) bond motifs is 1. The molecule has 0 aliphatic carbocycles. The minimum atomic E-state index is -0.842. The van der Waals surface area contributed by atoms with Gasteiger partial charge < -0.3 is 9.25 Å². The van der Waals surface area contributed by atoms with E-state index in [1.165, 1.54) is 17.8 Å². The lowest BCUT2D eigenvalue weighted by molar-refractivity contribution is 0.0768. The Balaban J connectivity index is 1.72. The third-order valence-corrected chi connectivity index (χ3v) is 3.19. The summed E-state index contributed by atoms with van der Waals surface area (Å²) >= 11 is 0. The molecule has 2 heterocycles. The molecule has 0 aliphatic rings. The number of hydrogen-bond donors (Lipinski definition) is 0. The van der Waals surface area contributed by atoms with Gasteiger partial charge in [-0.3, -0.25) is 4.79 Å². The summed E-state index contributed by atoms with van der Waals surface area (Å²) in [5.41, 5.74) is 0.795. The molecule has 0 bridgehead atoms. The van der Waals surface area contributed by atoms with E-state index in [0.717, 1.165) is 6.42 Å². The fourth-order valence-corrected chi connectivity index (χ4v) is 2.14. The summed E-state index contributed by atoms with van der Waals surface area (Å²) in [6, 6.07) is 13.0. The summed E-state index contributed by atoms with van der Waals surface area (Å²) in [4.78, 5) is 33.1. The number of nitrogens with zero attached hydrogens (tertiary/aromatic N) is 2. The molecule has 0 saturated carbocycles. The number of pyridine rings is 1. The molecule has 6 nitrogen and oxygen atoms in total. The predicted octanol–water partition coefficient (Wildman–Crippen LogP) is 1.41. The lowest BCUT2D eigenvalue weighted by atomic mass is 10.1. The van der Waals surface area contributed by atoms with Gasteiger partial charge in [0, 0.05) is 6.20 Å². The second-order valence-electron chi connectivity index (χ2n) is 4.74. The van der Waals surface area contributed by atoms with Gasteiger partial charge in [-0.15, -0.1) is 0 Å². The van der Waals surface area contributed by atoms with Crippen LogP contribution in [-0.2, 0) is 6.42 Å².